The van der Waals surface area contributed by atoms with Gasteiger partial charge in [-0.05, 0) is 47.9 Å². The number of terminal acetylenes is 1. The van der Waals surface area contributed by atoms with Crippen LogP contribution in [0.1, 0.15) is 29.8 Å². The van der Waals surface area contributed by atoms with E-state index >= 15 is 0 Å². The van der Waals surface area contributed by atoms with Crippen LogP contribution < -0.4 is 20.2 Å². The normalized spacial score (nSPS) is 11.7. The molecule has 2 amide bonds. The van der Waals surface area contributed by atoms with Crippen LogP contribution in [0.2, 0.25) is 10.0 Å². The van der Waals surface area contributed by atoms with Crippen LogP contribution in [0, 0.1) is 18.3 Å². The average Bonchev–Trinajstić information content (AvgIpc) is 2.76. The van der Waals surface area contributed by atoms with E-state index in [9.17, 15) is 9.59 Å². The standard InChI is InChI=1S/C23H23Cl2N3O4/c1-5-10-32-21-18(25)11-15(12-19(21)31-4)13-26-28-23(30)20(14(2)3)27-22(29)16-6-8-17(24)9-7-16/h1,6-9,11-14,20H,10H2,2-4H3,(H,27,29)(H,28,30)/b26-13+. The van der Waals surface area contributed by atoms with Gasteiger partial charge in [-0.1, -0.05) is 43.0 Å². The summed E-state index contributed by atoms with van der Waals surface area (Å²) in [6, 6.07) is 8.80. The van der Waals surface area contributed by atoms with E-state index in [-0.39, 0.29) is 17.5 Å². The third kappa shape index (κ3) is 6.91. The number of hydrogen-bond donors (Lipinski definition) is 2. The van der Waals surface area contributed by atoms with Crippen molar-refractivity contribution in [3.8, 4) is 23.8 Å². The van der Waals surface area contributed by atoms with Crippen molar-refractivity contribution in [3.05, 3.63) is 57.6 Å². The number of nitrogens with zero attached hydrogens (tertiary/aromatic N) is 1. The monoisotopic (exact) mass is 475 g/mol. The fourth-order valence-corrected chi connectivity index (χ4v) is 3.07. The van der Waals surface area contributed by atoms with Gasteiger partial charge in [-0.15, -0.1) is 6.42 Å². The zero-order valence-corrected chi connectivity index (χ0v) is 19.3. The highest BCUT2D eigenvalue weighted by Gasteiger charge is 2.24. The van der Waals surface area contributed by atoms with Gasteiger partial charge in [-0.2, -0.15) is 5.10 Å². The number of halogens is 2. The minimum absolute atomic E-state index is 0.0396. The van der Waals surface area contributed by atoms with E-state index in [1.807, 2.05) is 13.8 Å². The topological polar surface area (TPSA) is 89.0 Å². The van der Waals surface area contributed by atoms with Crippen molar-refractivity contribution in [2.45, 2.75) is 19.9 Å². The van der Waals surface area contributed by atoms with Gasteiger partial charge < -0.3 is 14.8 Å². The van der Waals surface area contributed by atoms with Crippen LogP contribution in [0.15, 0.2) is 41.5 Å². The number of hydrazone groups is 1. The van der Waals surface area contributed by atoms with E-state index < -0.39 is 17.9 Å². The summed E-state index contributed by atoms with van der Waals surface area (Å²) < 4.78 is 10.7. The molecular formula is C23H23Cl2N3O4. The van der Waals surface area contributed by atoms with Crippen molar-refractivity contribution >= 4 is 41.2 Å². The van der Waals surface area contributed by atoms with Crippen molar-refractivity contribution in [1.29, 1.82) is 0 Å². The van der Waals surface area contributed by atoms with E-state index in [1.165, 1.54) is 13.3 Å². The minimum Gasteiger partial charge on any atom is -0.493 e. The molecule has 2 aromatic carbocycles. The number of nitrogens with one attached hydrogen (secondary N) is 2. The Morgan fingerprint density at radius 3 is 2.50 bits per heavy atom. The van der Waals surface area contributed by atoms with Gasteiger partial charge in [0.15, 0.2) is 11.5 Å². The molecule has 0 aliphatic rings. The SMILES string of the molecule is C#CCOc1c(Cl)cc(/C=N/NC(=O)C(NC(=O)c2ccc(Cl)cc2)C(C)C)cc1OC. The Hall–Kier alpha value is -3.21. The molecule has 0 fully saturated rings. The molecule has 2 N–H and O–H groups in total. The Balaban J connectivity index is 2.08. The number of carbonyl (C=O) groups excluding carboxylic acids is 2. The number of methoxy groups -OCH3 is 1. The second-order valence-corrected chi connectivity index (χ2v) is 7.81. The van der Waals surface area contributed by atoms with E-state index in [4.69, 9.17) is 39.1 Å². The van der Waals surface area contributed by atoms with Crippen LogP contribution in [0.5, 0.6) is 11.5 Å². The van der Waals surface area contributed by atoms with Gasteiger partial charge in [0, 0.05) is 10.6 Å². The highest BCUT2D eigenvalue weighted by Crippen LogP contribution is 2.35. The van der Waals surface area contributed by atoms with Crippen LogP contribution in [0.4, 0.5) is 0 Å². The van der Waals surface area contributed by atoms with Gasteiger partial charge in [0.2, 0.25) is 0 Å². The first-order valence-electron chi connectivity index (χ1n) is 9.60. The number of hydrogen-bond acceptors (Lipinski definition) is 5. The van der Waals surface area contributed by atoms with Gasteiger partial charge in [0.1, 0.15) is 12.6 Å². The lowest BCUT2D eigenvalue weighted by atomic mass is 10.0. The van der Waals surface area contributed by atoms with Crippen molar-refractivity contribution in [2.75, 3.05) is 13.7 Å². The highest BCUT2D eigenvalue weighted by atomic mass is 35.5. The van der Waals surface area contributed by atoms with E-state index in [0.717, 1.165) is 0 Å². The van der Waals surface area contributed by atoms with Crippen LogP contribution in [0.3, 0.4) is 0 Å². The van der Waals surface area contributed by atoms with E-state index in [2.05, 4.69) is 21.8 Å². The summed E-state index contributed by atoms with van der Waals surface area (Å²) in [7, 11) is 1.47. The molecule has 0 saturated heterocycles. The first-order chi connectivity index (χ1) is 15.3. The summed E-state index contributed by atoms with van der Waals surface area (Å²) in [5, 5.41) is 7.47. The lowest BCUT2D eigenvalue weighted by Crippen LogP contribution is -2.48. The maximum Gasteiger partial charge on any atom is 0.262 e. The summed E-state index contributed by atoms with van der Waals surface area (Å²) in [5.74, 6) is 2.01. The molecule has 1 atom stereocenters. The molecule has 0 aliphatic heterocycles. The first kappa shape index (κ1) is 25.1. The zero-order chi connectivity index (χ0) is 23.7. The number of amides is 2. The lowest BCUT2D eigenvalue weighted by molar-refractivity contribution is -0.123. The Morgan fingerprint density at radius 2 is 1.91 bits per heavy atom. The van der Waals surface area contributed by atoms with Crippen LogP contribution in [0.25, 0.3) is 0 Å². The summed E-state index contributed by atoms with van der Waals surface area (Å²) in [5.41, 5.74) is 3.39. The zero-order valence-electron chi connectivity index (χ0n) is 17.8. The maximum absolute atomic E-state index is 12.6. The number of ether oxygens (including phenoxy) is 2. The van der Waals surface area contributed by atoms with Crippen molar-refractivity contribution in [3.63, 3.8) is 0 Å². The summed E-state index contributed by atoms with van der Waals surface area (Å²) >= 11 is 12.1. The molecule has 0 heterocycles. The molecule has 2 rings (SSSR count). The van der Waals surface area contributed by atoms with Crippen molar-refractivity contribution in [2.24, 2.45) is 11.0 Å². The van der Waals surface area contributed by atoms with Gasteiger partial charge in [-0.3, -0.25) is 9.59 Å². The minimum atomic E-state index is -0.798. The number of carbonyl (C=O) groups is 2. The molecule has 2 aromatic rings. The number of rotatable bonds is 9. The summed E-state index contributed by atoms with van der Waals surface area (Å²) in [6.45, 7) is 3.67. The molecular weight excluding hydrogens is 453 g/mol. The molecule has 0 aliphatic carbocycles. The number of benzene rings is 2. The van der Waals surface area contributed by atoms with Crippen molar-refractivity contribution < 1.29 is 19.1 Å². The quantitative estimate of drug-likeness (QED) is 0.326. The second-order valence-electron chi connectivity index (χ2n) is 6.96. The molecule has 0 saturated carbocycles. The highest BCUT2D eigenvalue weighted by molar-refractivity contribution is 6.32. The molecule has 168 valence electrons. The molecule has 0 spiro atoms. The predicted octanol–water partition coefficient (Wildman–Crippen LogP) is 3.92. The second kappa shape index (κ2) is 12.0. The molecule has 9 heteroatoms. The van der Waals surface area contributed by atoms with Crippen molar-refractivity contribution in [1.82, 2.24) is 10.7 Å². The maximum atomic E-state index is 12.6. The predicted molar refractivity (Wildman–Crippen MR) is 126 cm³/mol. The Labute approximate surface area is 197 Å². The molecule has 32 heavy (non-hydrogen) atoms. The average molecular weight is 476 g/mol. The van der Waals surface area contributed by atoms with Crippen LogP contribution >= 0.6 is 23.2 Å². The third-order valence-corrected chi connectivity index (χ3v) is 4.81. The smallest absolute Gasteiger partial charge is 0.262 e. The molecule has 0 aromatic heterocycles. The van der Waals surface area contributed by atoms with Gasteiger partial charge in [-0.25, -0.2) is 5.43 Å². The largest absolute Gasteiger partial charge is 0.493 e. The van der Waals surface area contributed by atoms with Gasteiger partial charge >= 0.3 is 0 Å². The lowest BCUT2D eigenvalue weighted by Gasteiger charge is -2.20. The van der Waals surface area contributed by atoms with E-state index in [0.29, 0.717) is 27.6 Å². The molecule has 0 radical (unpaired) electrons. The Kier molecular flexibility index (Phi) is 9.39. The molecule has 1 unspecified atom stereocenters. The first-order valence-corrected chi connectivity index (χ1v) is 10.4. The fourth-order valence-electron chi connectivity index (χ4n) is 2.67. The van der Waals surface area contributed by atoms with E-state index in [1.54, 1.807) is 36.4 Å². The van der Waals surface area contributed by atoms with Gasteiger partial charge in [0.05, 0.1) is 18.3 Å². The molecule has 0 bridgehead atoms. The Morgan fingerprint density at radius 1 is 1.22 bits per heavy atom. The van der Waals surface area contributed by atoms with Crippen LogP contribution in [-0.4, -0.2) is 37.8 Å². The fraction of sp³-hybridized carbons (Fsp3) is 0.261. The Bertz CT molecular complexity index is 1030. The third-order valence-electron chi connectivity index (χ3n) is 4.28. The summed E-state index contributed by atoms with van der Waals surface area (Å²) in [4.78, 5) is 25.1. The van der Waals surface area contributed by atoms with Gasteiger partial charge in [0.25, 0.3) is 11.8 Å². The van der Waals surface area contributed by atoms with Crippen LogP contribution in [-0.2, 0) is 4.79 Å². The summed E-state index contributed by atoms with van der Waals surface area (Å²) in [6.07, 6.45) is 6.60. The molecule has 7 nitrogen and oxygen atoms in total.